The molecule has 2 aromatic carbocycles. The van der Waals surface area contributed by atoms with Gasteiger partial charge < -0.3 is 15.1 Å². The minimum Gasteiger partial charge on any atom is -0.369 e. The number of carbonyl (C=O) groups excluding carboxylic acids is 2. The Bertz CT molecular complexity index is 881. The van der Waals surface area contributed by atoms with Gasteiger partial charge in [-0.15, -0.1) is 0 Å². The van der Waals surface area contributed by atoms with Crippen molar-refractivity contribution in [2.75, 3.05) is 44.2 Å². The number of benzene rings is 2. The fourth-order valence-corrected chi connectivity index (χ4v) is 4.76. The lowest BCUT2D eigenvalue weighted by Crippen LogP contribution is -2.54. The second kappa shape index (κ2) is 10.6. The van der Waals surface area contributed by atoms with Gasteiger partial charge in [-0.05, 0) is 37.5 Å². The number of anilines is 1. The summed E-state index contributed by atoms with van der Waals surface area (Å²) in [6.07, 6.45) is 1.98. The lowest BCUT2D eigenvalue weighted by molar-refractivity contribution is -0.138. The fraction of sp³-hybridized carbons (Fsp3) is 0.462. The summed E-state index contributed by atoms with van der Waals surface area (Å²) in [7, 11) is 0. The normalized spacial score (nSPS) is 20.2. The molecule has 6 heteroatoms. The molecule has 2 saturated heterocycles. The average Bonchev–Trinajstić information content (AvgIpc) is 3.34. The molecule has 6 nitrogen and oxygen atoms in total. The third-order valence-electron chi connectivity index (χ3n) is 6.70. The molecule has 4 rings (SSSR count). The smallest absolute Gasteiger partial charge is 0.242 e. The van der Waals surface area contributed by atoms with E-state index < -0.39 is 0 Å². The van der Waals surface area contributed by atoms with Crippen molar-refractivity contribution in [1.82, 2.24) is 15.1 Å². The van der Waals surface area contributed by atoms with Crippen LogP contribution in [-0.2, 0) is 16.0 Å². The van der Waals surface area contributed by atoms with Crippen molar-refractivity contribution in [2.24, 2.45) is 0 Å². The summed E-state index contributed by atoms with van der Waals surface area (Å²) >= 11 is 0. The van der Waals surface area contributed by atoms with Crippen LogP contribution in [0, 0.1) is 0 Å². The first-order valence-electron chi connectivity index (χ1n) is 11.8. The summed E-state index contributed by atoms with van der Waals surface area (Å²) in [4.78, 5) is 32.3. The van der Waals surface area contributed by atoms with Crippen LogP contribution in [0.4, 0.5) is 5.69 Å². The molecular formula is C26H34N4O2. The molecule has 2 atom stereocenters. The third kappa shape index (κ3) is 5.49. The Morgan fingerprint density at radius 2 is 1.59 bits per heavy atom. The first kappa shape index (κ1) is 22.3. The fourth-order valence-electron chi connectivity index (χ4n) is 4.76. The molecule has 2 aromatic rings. The largest absolute Gasteiger partial charge is 0.369 e. The second-order valence-corrected chi connectivity index (χ2v) is 8.86. The van der Waals surface area contributed by atoms with Crippen LogP contribution >= 0.6 is 0 Å². The first-order chi connectivity index (χ1) is 15.6. The molecule has 0 saturated carbocycles. The van der Waals surface area contributed by atoms with Crippen LogP contribution in [0.5, 0.6) is 0 Å². The molecule has 0 aromatic heterocycles. The van der Waals surface area contributed by atoms with Crippen molar-refractivity contribution in [3.05, 3.63) is 66.2 Å². The highest BCUT2D eigenvalue weighted by Crippen LogP contribution is 2.20. The van der Waals surface area contributed by atoms with Gasteiger partial charge in [0.1, 0.15) is 6.04 Å². The number of hydrogen-bond donors (Lipinski definition) is 1. The number of likely N-dealkylation sites (tertiary alicyclic amines) is 1. The minimum absolute atomic E-state index is 0.0151. The Morgan fingerprint density at radius 1 is 0.938 bits per heavy atom. The van der Waals surface area contributed by atoms with E-state index in [9.17, 15) is 9.59 Å². The summed E-state index contributed by atoms with van der Waals surface area (Å²) in [6, 6.07) is 20.2. The molecule has 2 heterocycles. The van der Waals surface area contributed by atoms with Gasteiger partial charge >= 0.3 is 0 Å². The topological polar surface area (TPSA) is 55.9 Å². The van der Waals surface area contributed by atoms with Crippen LogP contribution in [0.3, 0.4) is 0 Å². The highest BCUT2D eigenvalue weighted by Gasteiger charge is 2.34. The average molecular weight is 435 g/mol. The van der Waals surface area contributed by atoms with Crippen LogP contribution in [-0.4, -0.2) is 73.0 Å². The number of hydrogen-bond acceptors (Lipinski definition) is 4. The van der Waals surface area contributed by atoms with Gasteiger partial charge in [-0.3, -0.25) is 14.5 Å². The number of amides is 2. The summed E-state index contributed by atoms with van der Waals surface area (Å²) in [5.41, 5.74) is 2.27. The third-order valence-corrected chi connectivity index (χ3v) is 6.70. The molecule has 2 amide bonds. The van der Waals surface area contributed by atoms with Gasteiger partial charge in [0, 0.05) is 51.0 Å². The summed E-state index contributed by atoms with van der Waals surface area (Å²) in [5, 5.41) is 3.13. The standard InChI is InChI=1S/C26H34N4O2/c1-21(28-15-17-29(18-16-28)23-11-6-3-7-12-23)20-27-26(32)24-13-8-14-30(24)25(31)19-22-9-4-2-5-10-22/h2-7,9-12,21,24H,8,13-20H2,1H3,(H,27,32). The Hall–Kier alpha value is -2.86. The van der Waals surface area contributed by atoms with Crippen LogP contribution in [0.1, 0.15) is 25.3 Å². The molecule has 2 aliphatic heterocycles. The monoisotopic (exact) mass is 434 g/mol. The van der Waals surface area contributed by atoms with Crippen molar-refractivity contribution in [3.8, 4) is 0 Å². The number of nitrogens with one attached hydrogen (secondary N) is 1. The quantitative estimate of drug-likeness (QED) is 0.728. The molecule has 2 unspecified atom stereocenters. The maximum absolute atomic E-state index is 12.9. The first-order valence-corrected chi connectivity index (χ1v) is 11.8. The van der Waals surface area contributed by atoms with Crippen molar-refractivity contribution < 1.29 is 9.59 Å². The van der Waals surface area contributed by atoms with E-state index in [2.05, 4.69) is 46.3 Å². The number of rotatable bonds is 7. The Labute approximate surface area is 191 Å². The molecule has 0 radical (unpaired) electrons. The highest BCUT2D eigenvalue weighted by atomic mass is 16.2. The Kier molecular flexibility index (Phi) is 7.43. The zero-order chi connectivity index (χ0) is 22.3. The van der Waals surface area contributed by atoms with E-state index in [1.165, 1.54) is 5.69 Å². The predicted molar refractivity (Wildman–Crippen MR) is 128 cm³/mol. The van der Waals surface area contributed by atoms with Crippen molar-refractivity contribution >= 4 is 17.5 Å². The van der Waals surface area contributed by atoms with Crippen LogP contribution in [0.25, 0.3) is 0 Å². The van der Waals surface area contributed by atoms with Crippen LogP contribution in [0.2, 0.25) is 0 Å². The van der Waals surface area contributed by atoms with Crippen LogP contribution in [0.15, 0.2) is 60.7 Å². The van der Waals surface area contributed by atoms with E-state index in [0.29, 0.717) is 19.5 Å². The summed E-state index contributed by atoms with van der Waals surface area (Å²) in [6.45, 7) is 7.40. The molecule has 0 bridgehead atoms. The number of para-hydroxylation sites is 1. The molecule has 170 valence electrons. The lowest BCUT2D eigenvalue weighted by Gasteiger charge is -2.39. The van der Waals surface area contributed by atoms with Gasteiger partial charge in [0.05, 0.1) is 6.42 Å². The summed E-state index contributed by atoms with van der Waals surface area (Å²) < 4.78 is 0. The van der Waals surface area contributed by atoms with Crippen molar-refractivity contribution in [2.45, 2.75) is 38.3 Å². The maximum Gasteiger partial charge on any atom is 0.242 e. The lowest BCUT2D eigenvalue weighted by atomic mass is 10.1. The highest BCUT2D eigenvalue weighted by molar-refractivity contribution is 5.89. The Balaban J connectivity index is 1.23. The van der Waals surface area contributed by atoms with E-state index in [-0.39, 0.29) is 23.9 Å². The number of piperazine rings is 1. The molecule has 2 aliphatic rings. The SMILES string of the molecule is CC(CNC(=O)C1CCCN1C(=O)Cc1ccccc1)N1CCN(c2ccccc2)CC1. The van der Waals surface area contributed by atoms with Gasteiger partial charge in [0.15, 0.2) is 0 Å². The Morgan fingerprint density at radius 3 is 2.28 bits per heavy atom. The van der Waals surface area contributed by atoms with Gasteiger partial charge in [0.25, 0.3) is 0 Å². The van der Waals surface area contributed by atoms with E-state index in [1.807, 2.05) is 36.4 Å². The number of nitrogens with zero attached hydrogens (tertiary/aromatic N) is 3. The van der Waals surface area contributed by atoms with E-state index in [0.717, 1.165) is 44.6 Å². The van der Waals surface area contributed by atoms with Gasteiger partial charge in [-0.2, -0.15) is 0 Å². The predicted octanol–water partition coefficient (Wildman–Crippen LogP) is 2.55. The molecule has 0 spiro atoms. The molecule has 1 N–H and O–H groups in total. The molecule has 2 fully saturated rings. The van der Waals surface area contributed by atoms with E-state index in [4.69, 9.17) is 0 Å². The van der Waals surface area contributed by atoms with Crippen LogP contribution < -0.4 is 10.2 Å². The zero-order valence-corrected chi connectivity index (χ0v) is 19.0. The van der Waals surface area contributed by atoms with E-state index in [1.54, 1.807) is 4.90 Å². The zero-order valence-electron chi connectivity index (χ0n) is 19.0. The van der Waals surface area contributed by atoms with Gasteiger partial charge in [-0.25, -0.2) is 0 Å². The van der Waals surface area contributed by atoms with Crippen molar-refractivity contribution in [3.63, 3.8) is 0 Å². The number of carbonyl (C=O) groups is 2. The molecule has 32 heavy (non-hydrogen) atoms. The maximum atomic E-state index is 12.9. The van der Waals surface area contributed by atoms with Gasteiger partial charge in [0.2, 0.25) is 11.8 Å². The van der Waals surface area contributed by atoms with Gasteiger partial charge in [-0.1, -0.05) is 48.5 Å². The molecular weight excluding hydrogens is 400 g/mol. The minimum atomic E-state index is -0.339. The second-order valence-electron chi connectivity index (χ2n) is 8.86. The summed E-state index contributed by atoms with van der Waals surface area (Å²) in [5.74, 6) is 0.0256. The van der Waals surface area contributed by atoms with Crippen molar-refractivity contribution in [1.29, 1.82) is 0 Å². The molecule has 0 aliphatic carbocycles. The van der Waals surface area contributed by atoms with E-state index >= 15 is 0 Å².